The summed E-state index contributed by atoms with van der Waals surface area (Å²) in [5, 5.41) is 2.07. The molecule has 14 heavy (non-hydrogen) atoms. The summed E-state index contributed by atoms with van der Waals surface area (Å²) in [5.74, 6) is 5.62. The topological polar surface area (TPSA) is 41.3 Å². The second kappa shape index (κ2) is 4.40. The van der Waals surface area contributed by atoms with Crippen molar-refractivity contribution in [1.29, 1.82) is 0 Å². The van der Waals surface area contributed by atoms with Gasteiger partial charge in [0.15, 0.2) is 0 Å². The summed E-state index contributed by atoms with van der Waals surface area (Å²) in [7, 11) is 4.13. The summed E-state index contributed by atoms with van der Waals surface area (Å²) in [5.41, 5.74) is 2.89. The molecule has 0 aliphatic carbocycles. The average Bonchev–Trinajstić information content (AvgIpc) is 2.57. The predicted octanol–water partition coefficient (Wildman–Crippen LogP) is 1.59. The van der Waals surface area contributed by atoms with E-state index in [1.807, 2.05) is 0 Å². The maximum absolute atomic E-state index is 5.62. The summed E-state index contributed by atoms with van der Waals surface area (Å²) in [6.45, 7) is 4.36. The highest BCUT2D eigenvalue weighted by atomic mass is 32.1. The number of nitrogens with two attached hydrogens (primary N) is 1. The Labute approximate surface area is 89.9 Å². The number of nitrogens with one attached hydrogen (secondary N) is 1. The van der Waals surface area contributed by atoms with E-state index < -0.39 is 0 Å². The lowest BCUT2D eigenvalue weighted by Crippen LogP contribution is -2.50. The first-order valence-electron chi connectivity index (χ1n) is 4.67. The summed E-state index contributed by atoms with van der Waals surface area (Å²) in [4.78, 5) is 3.45. The molecule has 1 aromatic rings. The molecule has 1 atom stereocenters. The molecule has 0 fully saturated rings. The van der Waals surface area contributed by atoms with Crippen molar-refractivity contribution < 1.29 is 0 Å². The fraction of sp³-hybridized carbons (Fsp3) is 0.600. The summed E-state index contributed by atoms with van der Waals surface area (Å²) in [6, 6.07) is 4.33. The summed E-state index contributed by atoms with van der Waals surface area (Å²) in [6.07, 6.45) is 0. The van der Waals surface area contributed by atoms with Gasteiger partial charge in [-0.1, -0.05) is 6.07 Å². The lowest BCUT2D eigenvalue weighted by atomic mass is 9.92. The molecular weight excluding hydrogens is 194 g/mol. The Balaban J connectivity index is 2.92. The van der Waals surface area contributed by atoms with Crippen LogP contribution >= 0.6 is 11.3 Å². The molecule has 0 bridgehead atoms. The lowest BCUT2D eigenvalue weighted by molar-refractivity contribution is 0.140. The minimum atomic E-state index is -0.000394. The monoisotopic (exact) mass is 213 g/mol. The quantitative estimate of drug-likeness (QED) is 0.589. The van der Waals surface area contributed by atoms with Gasteiger partial charge in [0.05, 0.1) is 6.04 Å². The van der Waals surface area contributed by atoms with E-state index in [0.717, 1.165) is 0 Å². The van der Waals surface area contributed by atoms with Crippen molar-refractivity contribution in [2.24, 2.45) is 5.84 Å². The molecule has 0 radical (unpaired) electrons. The molecule has 80 valence electrons. The Morgan fingerprint density at radius 3 is 2.50 bits per heavy atom. The van der Waals surface area contributed by atoms with Crippen LogP contribution in [0.15, 0.2) is 17.5 Å². The van der Waals surface area contributed by atoms with Gasteiger partial charge in [0.2, 0.25) is 0 Å². The predicted molar refractivity (Wildman–Crippen MR) is 62.1 cm³/mol. The van der Waals surface area contributed by atoms with Gasteiger partial charge >= 0.3 is 0 Å². The van der Waals surface area contributed by atoms with Gasteiger partial charge in [0, 0.05) is 10.4 Å². The van der Waals surface area contributed by atoms with Crippen LogP contribution in [0.1, 0.15) is 24.8 Å². The molecule has 3 N–H and O–H groups in total. The highest BCUT2D eigenvalue weighted by Gasteiger charge is 2.32. The van der Waals surface area contributed by atoms with Crippen molar-refractivity contribution in [3.8, 4) is 0 Å². The fourth-order valence-electron chi connectivity index (χ4n) is 1.35. The fourth-order valence-corrected chi connectivity index (χ4v) is 2.31. The van der Waals surface area contributed by atoms with Crippen LogP contribution in [0.25, 0.3) is 0 Å². The summed E-state index contributed by atoms with van der Waals surface area (Å²) < 4.78 is 0. The van der Waals surface area contributed by atoms with Gasteiger partial charge < -0.3 is 4.90 Å². The number of hydrogen-bond acceptors (Lipinski definition) is 4. The van der Waals surface area contributed by atoms with E-state index >= 15 is 0 Å². The highest BCUT2D eigenvalue weighted by Crippen LogP contribution is 2.31. The van der Waals surface area contributed by atoms with E-state index in [1.54, 1.807) is 11.3 Å². The van der Waals surface area contributed by atoms with Crippen molar-refractivity contribution in [3.05, 3.63) is 22.4 Å². The molecule has 0 saturated heterocycles. The third-order valence-corrected chi connectivity index (χ3v) is 3.79. The Hall–Kier alpha value is -0.420. The van der Waals surface area contributed by atoms with Crippen LogP contribution in [-0.2, 0) is 0 Å². The zero-order valence-electron chi connectivity index (χ0n) is 9.24. The minimum Gasteiger partial charge on any atom is -0.302 e. The van der Waals surface area contributed by atoms with E-state index in [-0.39, 0.29) is 11.6 Å². The number of likely N-dealkylation sites (N-methyl/N-ethyl adjacent to an activating group) is 1. The number of rotatable bonds is 4. The molecular formula is C10H19N3S. The molecule has 0 aromatic carbocycles. The van der Waals surface area contributed by atoms with Gasteiger partial charge in [-0.3, -0.25) is 11.3 Å². The molecule has 1 unspecified atom stereocenters. The van der Waals surface area contributed by atoms with Crippen LogP contribution in [-0.4, -0.2) is 24.5 Å². The molecule has 0 spiro atoms. The third-order valence-electron chi connectivity index (χ3n) is 2.85. The van der Waals surface area contributed by atoms with Crippen molar-refractivity contribution in [1.82, 2.24) is 10.3 Å². The third kappa shape index (κ3) is 2.15. The maximum Gasteiger partial charge on any atom is 0.0731 e. The Morgan fingerprint density at radius 2 is 2.14 bits per heavy atom. The summed E-state index contributed by atoms with van der Waals surface area (Å²) >= 11 is 1.73. The van der Waals surface area contributed by atoms with E-state index in [1.165, 1.54) is 4.88 Å². The SMILES string of the molecule is CN(C)C(C)(C)C(NN)c1cccs1. The number of thiophene rings is 1. The first kappa shape index (κ1) is 11.7. The van der Waals surface area contributed by atoms with Crippen LogP contribution in [0, 0.1) is 0 Å². The van der Waals surface area contributed by atoms with E-state index in [0.29, 0.717) is 0 Å². The van der Waals surface area contributed by atoms with Gasteiger partial charge in [-0.25, -0.2) is 0 Å². The minimum absolute atomic E-state index is 0.000394. The maximum atomic E-state index is 5.62. The normalized spacial score (nSPS) is 14.7. The number of nitrogens with zero attached hydrogens (tertiary/aromatic N) is 1. The van der Waals surface area contributed by atoms with Crippen LogP contribution < -0.4 is 11.3 Å². The zero-order valence-corrected chi connectivity index (χ0v) is 10.1. The van der Waals surface area contributed by atoms with Crippen LogP contribution in [0.3, 0.4) is 0 Å². The molecule has 1 heterocycles. The molecule has 4 heteroatoms. The van der Waals surface area contributed by atoms with Gasteiger partial charge in [-0.15, -0.1) is 11.3 Å². The molecule has 1 aromatic heterocycles. The smallest absolute Gasteiger partial charge is 0.0731 e. The molecule has 0 amide bonds. The van der Waals surface area contributed by atoms with E-state index in [9.17, 15) is 0 Å². The molecule has 3 nitrogen and oxygen atoms in total. The van der Waals surface area contributed by atoms with Gasteiger partial charge in [0.25, 0.3) is 0 Å². The van der Waals surface area contributed by atoms with E-state index in [4.69, 9.17) is 5.84 Å². The van der Waals surface area contributed by atoms with Gasteiger partial charge in [-0.05, 0) is 39.4 Å². The highest BCUT2D eigenvalue weighted by molar-refractivity contribution is 7.10. The zero-order chi connectivity index (χ0) is 10.8. The molecule has 0 aliphatic heterocycles. The van der Waals surface area contributed by atoms with Crippen LogP contribution in [0.4, 0.5) is 0 Å². The second-order valence-electron chi connectivity index (χ2n) is 4.16. The van der Waals surface area contributed by atoms with Crippen LogP contribution in [0.5, 0.6) is 0 Å². The molecule has 0 aliphatic rings. The molecule has 0 saturated carbocycles. The first-order chi connectivity index (χ1) is 6.50. The lowest BCUT2D eigenvalue weighted by Gasteiger charge is -2.39. The van der Waals surface area contributed by atoms with Crippen molar-refractivity contribution in [2.45, 2.75) is 25.4 Å². The number of hydrazine groups is 1. The van der Waals surface area contributed by atoms with Crippen LogP contribution in [0.2, 0.25) is 0 Å². The number of hydrogen-bond donors (Lipinski definition) is 2. The molecule has 1 rings (SSSR count). The van der Waals surface area contributed by atoms with E-state index in [2.05, 4.69) is 55.8 Å². The largest absolute Gasteiger partial charge is 0.302 e. The van der Waals surface area contributed by atoms with Gasteiger partial charge in [0.1, 0.15) is 0 Å². The Morgan fingerprint density at radius 1 is 1.50 bits per heavy atom. The first-order valence-corrected chi connectivity index (χ1v) is 5.55. The van der Waals surface area contributed by atoms with Gasteiger partial charge in [-0.2, -0.15) is 0 Å². The average molecular weight is 213 g/mol. The van der Waals surface area contributed by atoms with Crippen molar-refractivity contribution in [2.75, 3.05) is 14.1 Å². The Bertz CT molecular complexity index is 267. The van der Waals surface area contributed by atoms with Crippen molar-refractivity contribution in [3.63, 3.8) is 0 Å². The Kier molecular flexibility index (Phi) is 3.66. The standard InChI is InChI=1S/C10H19N3S/c1-10(2,13(3)4)9(12-11)8-6-5-7-14-8/h5-7,9,12H,11H2,1-4H3. The van der Waals surface area contributed by atoms with Crippen molar-refractivity contribution >= 4 is 11.3 Å². The second-order valence-corrected chi connectivity index (χ2v) is 5.14.